The molecule has 0 saturated heterocycles. The van der Waals surface area contributed by atoms with Crippen LogP contribution in [0, 0.1) is 22.7 Å². The van der Waals surface area contributed by atoms with E-state index in [1.54, 1.807) is 0 Å². The summed E-state index contributed by atoms with van der Waals surface area (Å²) < 4.78 is 0. The second-order valence-corrected chi connectivity index (χ2v) is 5.78. The summed E-state index contributed by atoms with van der Waals surface area (Å²) in [6.07, 6.45) is 6.89. The zero-order valence-corrected chi connectivity index (χ0v) is 12.7. The molecular formula is C16H28N2O. The number of amides is 1. The van der Waals surface area contributed by atoms with E-state index in [2.05, 4.69) is 19.9 Å². The lowest BCUT2D eigenvalue weighted by molar-refractivity contribution is -0.141. The maximum Gasteiger partial charge on any atom is 0.243 e. The van der Waals surface area contributed by atoms with Crippen molar-refractivity contribution >= 4 is 5.91 Å². The predicted octanol–water partition coefficient (Wildman–Crippen LogP) is 3.75. The lowest BCUT2D eigenvalue weighted by atomic mass is 9.74. The van der Waals surface area contributed by atoms with Crippen LogP contribution >= 0.6 is 0 Å². The summed E-state index contributed by atoms with van der Waals surface area (Å²) in [4.78, 5) is 14.7. The largest absolute Gasteiger partial charge is 0.341 e. The highest BCUT2D eigenvalue weighted by Crippen LogP contribution is 2.37. The summed E-state index contributed by atoms with van der Waals surface area (Å²) in [5.74, 6) is 0.646. The number of rotatable bonds is 6. The third kappa shape index (κ3) is 3.72. The Morgan fingerprint density at radius 2 is 1.79 bits per heavy atom. The van der Waals surface area contributed by atoms with E-state index < -0.39 is 5.41 Å². The molecule has 0 heterocycles. The minimum atomic E-state index is -0.722. The Kier molecular flexibility index (Phi) is 6.34. The van der Waals surface area contributed by atoms with Crippen molar-refractivity contribution in [2.24, 2.45) is 11.3 Å². The highest BCUT2D eigenvalue weighted by Gasteiger charge is 2.42. The first-order chi connectivity index (χ1) is 9.13. The third-order valence-electron chi connectivity index (χ3n) is 4.63. The Morgan fingerprint density at radius 1 is 1.21 bits per heavy atom. The molecule has 0 radical (unpaired) electrons. The van der Waals surface area contributed by atoms with Crippen LogP contribution in [0.3, 0.4) is 0 Å². The van der Waals surface area contributed by atoms with Crippen molar-refractivity contribution in [3.05, 3.63) is 0 Å². The van der Waals surface area contributed by atoms with Crippen molar-refractivity contribution < 1.29 is 4.79 Å². The van der Waals surface area contributed by atoms with E-state index in [1.807, 2.05) is 11.8 Å². The average Bonchev–Trinajstić information content (AvgIpc) is 2.48. The monoisotopic (exact) mass is 264 g/mol. The molecular weight excluding hydrogens is 236 g/mol. The first-order valence-electron chi connectivity index (χ1n) is 7.84. The molecule has 0 aromatic heterocycles. The second kappa shape index (κ2) is 7.53. The number of carbonyl (C=O) groups excluding carboxylic acids is 1. The van der Waals surface area contributed by atoms with Crippen LogP contribution in [0.1, 0.15) is 65.7 Å². The summed E-state index contributed by atoms with van der Waals surface area (Å²) in [6, 6.07) is 2.35. The van der Waals surface area contributed by atoms with Crippen LogP contribution in [0.2, 0.25) is 0 Å². The summed E-state index contributed by atoms with van der Waals surface area (Å²) in [5.41, 5.74) is -0.722. The van der Waals surface area contributed by atoms with Crippen LogP contribution < -0.4 is 0 Å². The Hall–Kier alpha value is -1.04. The van der Waals surface area contributed by atoms with Gasteiger partial charge in [-0.25, -0.2) is 0 Å². The molecule has 0 aromatic rings. The summed E-state index contributed by atoms with van der Waals surface area (Å²) in [7, 11) is 0. The Labute approximate surface area is 118 Å². The third-order valence-corrected chi connectivity index (χ3v) is 4.63. The fourth-order valence-corrected chi connectivity index (χ4v) is 3.05. The van der Waals surface area contributed by atoms with Gasteiger partial charge in [0.1, 0.15) is 5.41 Å². The molecule has 0 spiro atoms. The van der Waals surface area contributed by atoms with Gasteiger partial charge in [0.05, 0.1) is 6.07 Å². The highest BCUT2D eigenvalue weighted by molar-refractivity contribution is 5.85. The van der Waals surface area contributed by atoms with Gasteiger partial charge in [-0.2, -0.15) is 5.26 Å². The van der Waals surface area contributed by atoms with Crippen molar-refractivity contribution in [2.45, 2.75) is 65.7 Å². The molecule has 1 fully saturated rings. The van der Waals surface area contributed by atoms with Crippen LogP contribution in [-0.2, 0) is 4.79 Å². The smallest absolute Gasteiger partial charge is 0.243 e. The van der Waals surface area contributed by atoms with Gasteiger partial charge in [-0.05, 0) is 25.7 Å². The predicted molar refractivity (Wildman–Crippen MR) is 77.5 cm³/mol. The van der Waals surface area contributed by atoms with E-state index in [0.29, 0.717) is 5.92 Å². The Bertz CT molecular complexity index is 322. The van der Waals surface area contributed by atoms with Gasteiger partial charge in [0, 0.05) is 13.1 Å². The molecule has 0 unspecified atom stereocenters. The van der Waals surface area contributed by atoms with Crippen LogP contribution in [0.15, 0.2) is 0 Å². The Morgan fingerprint density at radius 3 is 2.21 bits per heavy atom. The molecule has 1 amide bonds. The Balaban J connectivity index is 2.79. The molecule has 3 heteroatoms. The number of nitrogens with zero attached hydrogens (tertiary/aromatic N) is 2. The van der Waals surface area contributed by atoms with Crippen molar-refractivity contribution in [3.63, 3.8) is 0 Å². The number of nitriles is 1. The van der Waals surface area contributed by atoms with E-state index >= 15 is 0 Å². The molecule has 0 bridgehead atoms. The number of hydrogen-bond acceptors (Lipinski definition) is 2. The molecule has 1 aliphatic rings. The van der Waals surface area contributed by atoms with Crippen molar-refractivity contribution in [2.75, 3.05) is 13.1 Å². The van der Waals surface area contributed by atoms with E-state index in [9.17, 15) is 10.1 Å². The second-order valence-electron chi connectivity index (χ2n) is 5.78. The van der Waals surface area contributed by atoms with Gasteiger partial charge in [0.2, 0.25) is 5.91 Å². The fourth-order valence-electron chi connectivity index (χ4n) is 3.05. The topological polar surface area (TPSA) is 44.1 Å². The number of hydrogen-bond donors (Lipinski definition) is 0. The molecule has 0 N–H and O–H groups in total. The van der Waals surface area contributed by atoms with E-state index in [4.69, 9.17) is 0 Å². The molecule has 0 aromatic carbocycles. The van der Waals surface area contributed by atoms with Crippen molar-refractivity contribution in [1.29, 1.82) is 5.26 Å². The molecule has 19 heavy (non-hydrogen) atoms. The SMILES string of the molecule is CCC(CC)CN(CC)C(=O)C1(C#N)CCCCC1. The zero-order valence-electron chi connectivity index (χ0n) is 12.7. The standard InChI is InChI=1S/C16H28N2O/c1-4-14(5-2)12-18(6-3)15(19)16(13-17)10-8-7-9-11-16/h14H,4-12H2,1-3H3. The van der Waals surface area contributed by atoms with Gasteiger partial charge in [-0.15, -0.1) is 0 Å². The molecule has 3 nitrogen and oxygen atoms in total. The van der Waals surface area contributed by atoms with Crippen LogP contribution in [0.4, 0.5) is 0 Å². The summed E-state index contributed by atoms with van der Waals surface area (Å²) >= 11 is 0. The molecule has 0 atom stereocenters. The van der Waals surface area contributed by atoms with Gasteiger partial charge in [-0.3, -0.25) is 4.79 Å². The van der Waals surface area contributed by atoms with E-state index in [0.717, 1.165) is 58.0 Å². The lowest BCUT2D eigenvalue weighted by Gasteiger charge is -2.35. The zero-order chi connectivity index (χ0) is 14.3. The van der Waals surface area contributed by atoms with E-state index in [-0.39, 0.29) is 5.91 Å². The van der Waals surface area contributed by atoms with E-state index in [1.165, 1.54) is 0 Å². The normalized spacial score (nSPS) is 18.1. The van der Waals surface area contributed by atoms with Gasteiger partial charge >= 0.3 is 0 Å². The molecule has 1 saturated carbocycles. The van der Waals surface area contributed by atoms with Gasteiger partial charge in [-0.1, -0.05) is 46.0 Å². The summed E-state index contributed by atoms with van der Waals surface area (Å²) in [6.45, 7) is 7.90. The highest BCUT2D eigenvalue weighted by atomic mass is 16.2. The maximum absolute atomic E-state index is 12.8. The van der Waals surface area contributed by atoms with Crippen LogP contribution in [0.5, 0.6) is 0 Å². The molecule has 1 aliphatic carbocycles. The molecule has 108 valence electrons. The first-order valence-corrected chi connectivity index (χ1v) is 7.84. The lowest BCUT2D eigenvalue weighted by Crippen LogP contribution is -2.46. The van der Waals surface area contributed by atoms with Crippen LogP contribution in [0.25, 0.3) is 0 Å². The van der Waals surface area contributed by atoms with Gasteiger partial charge in [0.15, 0.2) is 0 Å². The minimum Gasteiger partial charge on any atom is -0.341 e. The van der Waals surface area contributed by atoms with Gasteiger partial charge in [0.25, 0.3) is 0 Å². The molecule has 1 rings (SSSR count). The van der Waals surface area contributed by atoms with Crippen molar-refractivity contribution in [3.8, 4) is 6.07 Å². The fraction of sp³-hybridized carbons (Fsp3) is 0.875. The first kappa shape index (κ1) is 16.0. The van der Waals surface area contributed by atoms with Gasteiger partial charge < -0.3 is 4.90 Å². The minimum absolute atomic E-state index is 0.0871. The number of carbonyl (C=O) groups is 1. The van der Waals surface area contributed by atoms with Crippen LogP contribution in [-0.4, -0.2) is 23.9 Å². The summed E-state index contributed by atoms with van der Waals surface area (Å²) in [5, 5.41) is 9.51. The maximum atomic E-state index is 12.8. The molecule has 0 aliphatic heterocycles. The van der Waals surface area contributed by atoms with Crippen molar-refractivity contribution in [1.82, 2.24) is 4.90 Å². The quantitative estimate of drug-likeness (QED) is 0.733. The average molecular weight is 264 g/mol.